The van der Waals surface area contributed by atoms with Gasteiger partial charge in [0.1, 0.15) is 6.04 Å². The van der Waals surface area contributed by atoms with E-state index in [1.54, 1.807) is 18.7 Å². The third-order valence-corrected chi connectivity index (χ3v) is 4.24. The van der Waals surface area contributed by atoms with Gasteiger partial charge in [0.2, 0.25) is 11.8 Å². The van der Waals surface area contributed by atoms with E-state index in [1.807, 2.05) is 44.4 Å². The molecule has 0 bridgehead atoms. The summed E-state index contributed by atoms with van der Waals surface area (Å²) in [6.45, 7) is 5.78. The second kappa shape index (κ2) is 9.51. The molecule has 0 aliphatic carbocycles. The Morgan fingerprint density at radius 1 is 1.23 bits per heavy atom. The molecule has 0 fully saturated rings. The molecule has 4 nitrogen and oxygen atoms in total. The monoisotopic (exact) mass is 322 g/mol. The van der Waals surface area contributed by atoms with E-state index in [-0.39, 0.29) is 17.9 Å². The summed E-state index contributed by atoms with van der Waals surface area (Å²) in [6.07, 6.45) is 3.02. The molecule has 0 radical (unpaired) electrons. The predicted octanol–water partition coefficient (Wildman–Crippen LogP) is 2.82. The van der Waals surface area contributed by atoms with Gasteiger partial charge in [0.25, 0.3) is 0 Å². The number of benzene rings is 1. The number of carbonyl (C=O) groups is 2. The van der Waals surface area contributed by atoms with Crippen LogP contribution in [0.4, 0.5) is 0 Å². The quantitative estimate of drug-likeness (QED) is 0.774. The first-order valence-electron chi connectivity index (χ1n) is 7.63. The van der Waals surface area contributed by atoms with Crippen molar-refractivity contribution >= 4 is 23.6 Å². The van der Waals surface area contributed by atoms with Crippen molar-refractivity contribution in [2.75, 3.05) is 12.0 Å². The largest absolute Gasteiger partial charge is 0.348 e. The van der Waals surface area contributed by atoms with Gasteiger partial charge in [-0.2, -0.15) is 11.8 Å². The molecule has 5 heteroatoms. The van der Waals surface area contributed by atoms with Crippen LogP contribution in [0.25, 0.3) is 0 Å². The summed E-state index contributed by atoms with van der Waals surface area (Å²) in [7, 11) is 0. The number of carbonyl (C=O) groups excluding carboxylic acids is 2. The fourth-order valence-corrected chi connectivity index (χ4v) is 2.74. The molecule has 0 spiro atoms. The zero-order valence-corrected chi connectivity index (χ0v) is 14.6. The van der Waals surface area contributed by atoms with Crippen LogP contribution in [0.1, 0.15) is 43.9 Å². The molecule has 2 atom stereocenters. The lowest BCUT2D eigenvalue weighted by atomic mass is 10.0. The molecule has 1 rings (SSSR count). The maximum atomic E-state index is 12.5. The summed E-state index contributed by atoms with van der Waals surface area (Å²) in [6, 6.07) is 7.45. The Morgan fingerprint density at radius 3 is 2.50 bits per heavy atom. The summed E-state index contributed by atoms with van der Waals surface area (Å²) < 4.78 is 0. The minimum absolute atomic E-state index is 0.0796. The van der Waals surface area contributed by atoms with Crippen molar-refractivity contribution < 1.29 is 9.59 Å². The van der Waals surface area contributed by atoms with E-state index in [9.17, 15) is 9.59 Å². The molecule has 0 saturated carbocycles. The van der Waals surface area contributed by atoms with Gasteiger partial charge in [-0.1, -0.05) is 31.2 Å². The Balaban J connectivity index is 2.72. The number of hydrogen-bond acceptors (Lipinski definition) is 3. The second-order valence-electron chi connectivity index (χ2n) is 5.34. The number of hydrogen-bond donors (Lipinski definition) is 2. The topological polar surface area (TPSA) is 58.2 Å². The van der Waals surface area contributed by atoms with Crippen LogP contribution < -0.4 is 10.6 Å². The molecule has 2 N–H and O–H groups in total. The van der Waals surface area contributed by atoms with Crippen LogP contribution in [0.2, 0.25) is 0 Å². The number of aryl methyl sites for hydroxylation is 1. The zero-order valence-electron chi connectivity index (χ0n) is 13.8. The second-order valence-corrected chi connectivity index (χ2v) is 6.33. The van der Waals surface area contributed by atoms with Crippen molar-refractivity contribution in [3.63, 3.8) is 0 Å². The van der Waals surface area contributed by atoms with Crippen LogP contribution in [0.3, 0.4) is 0 Å². The SMILES string of the molecule is CCC(=O)N[C@@H](CCSC)C(=O)N[C@H](C)c1ccccc1C. The first-order chi connectivity index (χ1) is 10.5. The first-order valence-corrected chi connectivity index (χ1v) is 9.03. The Labute approximate surface area is 137 Å². The van der Waals surface area contributed by atoms with Crippen molar-refractivity contribution in [1.29, 1.82) is 0 Å². The standard InChI is InChI=1S/C17H26N2O2S/c1-5-16(20)19-15(10-11-22-4)17(21)18-13(3)14-9-7-6-8-12(14)2/h6-9,13,15H,5,10-11H2,1-4H3,(H,18,21)(H,19,20)/t13-,15+/m1/s1. The van der Waals surface area contributed by atoms with E-state index in [0.29, 0.717) is 12.8 Å². The third-order valence-electron chi connectivity index (χ3n) is 3.60. The molecular formula is C17H26N2O2S. The molecule has 0 unspecified atom stereocenters. The van der Waals surface area contributed by atoms with Gasteiger partial charge in [-0.25, -0.2) is 0 Å². The molecule has 2 amide bonds. The van der Waals surface area contributed by atoms with E-state index in [4.69, 9.17) is 0 Å². The summed E-state index contributed by atoms with van der Waals surface area (Å²) in [5.41, 5.74) is 2.25. The average molecular weight is 322 g/mol. The van der Waals surface area contributed by atoms with E-state index in [1.165, 1.54) is 0 Å². The van der Waals surface area contributed by atoms with E-state index in [0.717, 1.165) is 16.9 Å². The number of thioether (sulfide) groups is 1. The minimum Gasteiger partial charge on any atom is -0.348 e. The predicted molar refractivity (Wildman–Crippen MR) is 93.0 cm³/mol. The van der Waals surface area contributed by atoms with Crippen molar-refractivity contribution in [3.8, 4) is 0 Å². The van der Waals surface area contributed by atoms with Gasteiger partial charge >= 0.3 is 0 Å². The van der Waals surface area contributed by atoms with Crippen LogP contribution >= 0.6 is 11.8 Å². The summed E-state index contributed by atoms with van der Waals surface area (Å²) >= 11 is 1.67. The molecule has 0 aromatic heterocycles. The molecule has 0 heterocycles. The van der Waals surface area contributed by atoms with Gasteiger partial charge in [0.05, 0.1) is 6.04 Å². The van der Waals surface area contributed by atoms with Crippen molar-refractivity contribution in [3.05, 3.63) is 35.4 Å². The lowest BCUT2D eigenvalue weighted by Crippen LogP contribution is -2.47. The first kappa shape index (κ1) is 18.6. The molecule has 1 aromatic carbocycles. The Morgan fingerprint density at radius 2 is 1.91 bits per heavy atom. The van der Waals surface area contributed by atoms with E-state index in [2.05, 4.69) is 10.6 Å². The summed E-state index contributed by atoms with van der Waals surface area (Å²) in [5.74, 6) is 0.622. The number of rotatable bonds is 8. The molecule has 0 aliphatic rings. The van der Waals surface area contributed by atoms with Crippen LogP contribution in [0.5, 0.6) is 0 Å². The van der Waals surface area contributed by atoms with Crippen LogP contribution in [0, 0.1) is 6.92 Å². The highest BCUT2D eigenvalue weighted by molar-refractivity contribution is 7.98. The maximum absolute atomic E-state index is 12.5. The molecular weight excluding hydrogens is 296 g/mol. The smallest absolute Gasteiger partial charge is 0.243 e. The molecule has 122 valence electrons. The van der Waals surface area contributed by atoms with Crippen molar-refractivity contribution in [2.45, 2.75) is 45.7 Å². The van der Waals surface area contributed by atoms with Gasteiger partial charge in [-0.15, -0.1) is 0 Å². The van der Waals surface area contributed by atoms with Crippen molar-refractivity contribution in [1.82, 2.24) is 10.6 Å². The highest BCUT2D eigenvalue weighted by atomic mass is 32.2. The fraction of sp³-hybridized carbons (Fsp3) is 0.529. The van der Waals surface area contributed by atoms with Gasteiger partial charge in [0, 0.05) is 6.42 Å². The van der Waals surface area contributed by atoms with Crippen LogP contribution in [-0.2, 0) is 9.59 Å². The molecule has 0 saturated heterocycles. The Hall–Kier alpha value is -1.49. The lowest BCUT2D eigenvalue weighted by molar-refractivity contribution is -0.129. The molecule has 22 heavy (non-hydrogen) atoms. The fourth-order valence-electron chi connectivity index (χ4n) is 2.27. The maximum Gasteiger partial charge on any atom is 0.243 e. The van der Waals surface area contributed by atoms with Gasteiger partial charge < -0.3 is 10.6 Å². The number of amides is 2. The third kappa shape index (κ3) is 5.72. The van der Waals surface area contributed by atoms with Gasteiger partial charge in [-0.05, 0) is 43.4 Å². The normalized spacial score (nSPS) is 13.3. The Kier molecular flexibility index (Phi) is 8.02. The molecule has 0 aliphatic heterocycles. The lowest BCUT2D eigenvalue weighted by Gasteiger charge is -2.22. The van der Waals surface area contributed by atoms with Crippen LogP contribution in [0.15, 0.2) is 24.3 Å². The minimum atomic E-state index is -0.466. The van der Waals surface area contributed by atoms with Crippen LogP contribution in [-0.4, -0.2) is 29.9 Å². The average Bonchev–Trinajstić information content (AvgIpc) is 2.51. The number of nitrogens with one attached hydrogen (secondary N) is 2. The van der Waals surface area contributed by atoms with Gasteiger partial charge in [0.15, 0.2) is 0 Å². The van der Waals surface area contributed by atoms with E-state index < -0.39 is 6.04 Å². The zero-order chi connectivity index (χ0) is 16.5. The highest BCUT2D eigenvalue weighted by Gasteiger charge is 2.22. The molecule has 1 aromatic rings. The van der Waals surface area contributed by atoms with Gasteiger partial charge in [-0.3, -0.25) is 9.59 Å². The van der Waals surface area contributed by atoms with Crippen molar-refractivity contribution in [2.24, 2.45) is 0 Å². The van der Waals surface area contributed by atoms with E-state index >= 15 is 0 Å². The highest BCUT2D eigenvalue weighted by Crippen LogP contribution is 2.17. The summed E-state index contributed by atoms with van der Waals surface area (Å²) in [4.78, 5) is 24.1. The summed E-state index contributed by atoms with van der Waals surface area (Å²) in [5, 5.41) is 5.82. The Bertz CT molecular complexity index is 505.